The van der Waals surface area contributed by atoms with Crippen molar-refractivity contribution in [2.75, 3.05) is 30.1 Å². The van der Waals surface area contributed by atoms with Gasteiger partial charge < -0.3 is 14.8 Å². The Morgan fingerprint density at radius 3 is 2.44 bits per heavy atom. The van der Waals surface area contributed by atoms with Gasteiger partial charge in [-0.2, -0.15) is 0 Å². The van der Waals surface area contributed by atoms with E-state index in [-0.39, 0.29) is 11.7 Å². The number of thioether (sulfide) groups is 1. The number of aromatic nitrogens is 3. The summed E-state index contributed by atoms with van der Waals surface area (Å²) in [5.74, 6) is 1.05. The lowest BCUT2D eigenvalue weighted by Crippen LogP contribution is -2.15. The molecule has 0 aliphatic rings. The van der Waals surface area contributed by atoms with Gasteiger partial charge in [0.1, 0.15) is 5.82 Å². The van der Waals surface area contributed by atoms with Gasteiger partial charge >= 0.3 is 0 Å². The Hall–Kier alpha value is -2.80. The second-order valence-electron chi connectivity index (χ2n) is 6.38. The smallest absolute Gasteiger partial charge is 0.234 e. The summed E-state index contributed by atoms with van der Waals surface area (Å²) < 4.78 is 2.03. The van der Waals surface area contributed by atoms with Gasteiger partial charge in [0.2, 0.25) is 5.91 Å². The highest BCUT2D eigenvalue weighted by Gasteiger charge is 2.12. The van der Waals surface area contributed by atoms with Crippen molar-refractivity contribution < 1.29 is 4.79 Å². The van der Waals surface area contributed by atoms with Gasteiger partial charge in [-0.3, -0.25) is 4.79 Å². The molecule has 0 radical (unpaired) electrons. The summed E-state index contributed by atoms with van der Waals surface area (Å²) >= 11 is 1.39. The van der Waals surface area contributed by atoms with Crippen LogP contribution in [0.3, 0.4) is 0 Å². The molecule has 7 heteroatoms. The van der Waals surface area contributed by atoms with Crippen LogP contribution in [0.2, 0.25) is 0 Å². The van der Waals surface area contributed by atoms with Crippen molar-refractivity contribution in [2.45, 2.75) is 18.6 Å². The Morgan fingerprint density at radius 2 is 1.78 bits per heavy atom. The van der Waals surface area contributed by atoms with Crippen LogP contribution in [0.1, 0.15) is 11.4 Å². The van der Waals surface area contributed by atoms with E-state index in [2.05, 4.69) is 27.6 Å². The van der Waals surface area contributed by atoms with E-state index in [1.807, 2.05) is 73.0 Å². The van der Waals surface area contributed by atoms with E-state index < -0.39 is 0 Å². The number of carbonyl (C=O) groups is 1. The summed E-state index contributed by atoms with van der Waals surface area (Å²) in [6.45, 7) is 2.61. The molecule has 0 unspecified atom stereocenters. The summed E-state index contributed by atoms with van der Waals surface area (Å²) in [4.78, 5) is 14.3. The Morgan fingerprint density at radius 1 is 1.07 bits per heavy atom. The minimum Gasteiger partial charge on any atom is -0.378 e. The monoisotopic (exact) mass is 381 g/mol. The molecule has 1 N–H and O–H groups in total. The first-order valence-electron chi connectivity index (χ1n) is 8.66. The van der Waals surface area contributed by atoms with Crippen molar-refractivity contribution in [3.05, 3.63) is 66.0 Å². The van der Waals surface area contributed by atoms with Gasteiger partial charge in [-0.05, 0) is 36.8 Å². The third kappa shape index (κ3) is 5.10. The topological polar surface area (TPSA) is 63.1 Å². The highest BCUT2D eigenvalue weighted by atomic mass is 32.2. The van der Waals surface area contributed by atoms with E-state index in [4.69, 9.17) is 0 Å². The highest BCUT2D eigenvalue weighted by Crippen LogP contribution is 2.20. The minimum absolute atomic E-state index is 0.0653. The largest absolute Gasteiger partial charge is 0.378 e. The fraction of sp³-hybridized carbons (Fsp3) is 0.250. The first-order chi connectivity index (χ1) is 13.0. The summed E-state index contributed by atoms with van der Waals surface area (Å²) in [5, 5.41) is 12.0. The Kier molecular flexibility index (Phi) is 6.13. The average Bonchev–Trinajstić information content (AvgIpc) is 3.01. The predicted molar refractivity (Wildman–Crippen MR) is 110 cm³/mol. The van der Waals surface area contributed by atoms with Gasteiger partial charge in [0.05, 0.1) is 12.3 Å². The van der Waals surface area contributed by atoms with Crippen LogP contribution in [-0.4, -0.2) is 40.5 Å². The minimum atomic E-state index is -0.0653. The van der Waals surface area contributed by atoms with Crippen LogP contribution in [0.15, 0.2) is 59.8 Å². The second kappa shape index (κ2) is 8.73. The molecule has 0 aliphatic heterocycles. The van der Waals surface area contributed by atoms with Crippen LogP contribution in [0.4, 0.5) is 11.4 Å². The fourth-order valence-corrected chi connectivity index (χ4v) is 3.37. The molecule has 1 heterocycles. The molecule has 0 saturated carbocycles. The highest BCUT2D eigenvalue weighted by molar-refractivity contribution is 7.99. The van der Waals surface area contributed by atoms with Gasteiger partial charge in [-0.25, -0.2) is 0 Å². The summed E-state index contributed by atoms with van der Waals surface area (Å²) in [5.41, 5.74) is 3.05. The van der Waals surface area contributed by atoms with Gasteiger partial charge in [-0.15, -0.1) is 10.2 Å². The lowest BCUT2D eigenvalue weighted by Gasteiger charge is -2.13. The Balaban J connectivity index is 1.59. The molecule has 0 atom stereocenters. The molecule has 0 spiro atoms. The van der Waals surface area contributed by atoms with Crippen molar-refractivity contribution in [3.63, 3.8) is 0 Å². The molecular formula is C20H23N5OS. The van der Waals surface area contributed by atoms with Crippen LogP contribution in [0.25, 0.3) is 0 Å². The quantitative estimate of drug-likeness (QED) is 0.635. The Bertz CT molecular complexity index is 890. The van der Waals surface area contributed by atoms with E-state index in [9.17, 15) is 4.79 Å². The molecule has 1 amide bonds. The molecule has 27 heavy (non-hydrogen) atoms. The maximum absolute atomic E-state index is 12.3. The van der Waals surface area contributed by atoms with Crippen LogP contribution >= 0.6 is 11.8 Å². The number of rotatable bonds is 7. The molecule has 2 aromatic carbocycles. The number of nitrogens with zero attached hydrogens (tertiary/aromatic N) is 4. The van der Waals surface area contributed by atoms with E-state index in [0.717, 1.165) is 22.4 Å². The van der Waals surface area contributed by atoms with Crippen molar-refractivity contribution in [1.82, 2.24) is 14.8 Å². The van der Waals surface area contributed by atoms with E-state index in [0.29, 0.717) is 6.54 Å². The Labute approximate surface area is 163 Å². The normalized spacial score (nSPS) is 10.6. The fourth-order valence-electron chi connectivity index (χ4n) is 2.59. The summed E-state index contributed by atoms with van der Waals surface area (Å²) in [6.07, 6.45) is 0. The number of hydrogen-bond donors (Lipinski definition) is 1. The van der Waals surface area contributed by atoms with Crippen molar-refractivity contribution >= 4 is 29.0 Å². The van der Waals surface area contributed by atoms with Crippen molar-refractivity contribution in [3.8, 4) is 0 Å². The van der Waals surface area contributed by atoms with Crippen LogP contribution in [0.5, 0.6) is 0 Å². The number of anilines is 2. The first-order valence-corrected chi connectivity index (χ1v) is 9.65. The number of aryl methyl sites for hydroxylation is 1. The summed E-state index contributed by atoms with van der Waals surface area (Å²) in [6, 6.07) is 17.9. The third-order valence-electron chi connectivity index (χ3n) is 4.09. The number of amides is 1. The van der Waals surface area contributed by atoms with Gasteiger partial charge in [0, 0.05) is 25.5 Å². The first kappa shape index (κ1) is 19.0. The number of carbonyl (C=O) groups excluding carboxylic acids is 1. The maximum atomic E-state index is 12.3. The number of nitrogens with one attached hydrogen (secondary N) is 1. The molecule has 3 aromatic rings. The van der Waals surface area contributed by atoms with Gasteiger partial charge in [-0.1, -0.05) is 42.1 Å². The zero-order valence-corrected chi connectivity index (χ0v) is 16.5. The van der Waals surface area contributed by atoms with Crippen molar-refractivity contribution in [2.24, 2.45) is 0 Å². The molecule has 6 nitrogen and oxygen atoms in total. The average molecular weight is 382 g/mol. The summed E-state index contributed by atoms with van der Waals surface area (Å²) in [7, 11) is 3.97. The molecule has 0 saturated heterocycles. The second-order valence-corrected chi connectivity index (χ2v) is 7.32. The molecular weight excluding hydrogens is 358 g/mol. The molecule has 0 fully saturated rings. The van der Waals surface area contributed by atoms with E-state index in [1.54, 1.807) is 0 Å². The molecule has 140 valence electrons. The van der Waals surface area contributed by atoms with Gasteiger partial charge in [0.25, 0.3) is 0 Å². The predicted octanol–water partition coefficient (Wildman–Crippen LogP) is 3.43. The zero-order chi connectivity index (χ0) is 19.2. The molecule has 1 aromatic heterocycles. The van der Waals surface area contributed by atoms with Gasteiger partial charge in [0.15, 0.2) is 5.16 Å². The third-order valence-corrected chi connectivity index (χ3v) is 5.05. The molecule has 0 bridgehead atoms. The van der Waals surface area contributed by atoms with E-state index in [1.165, 1.54) is 17.3 Å². The van der Waals surface area contributed by atoms with E-state index >= 15 is 0 Å². The van der Waals surface area contributed by atoms with Crippen LogP contribution in [0, 0.1) is 6.92 Å². The SMILES string of the molecule is Cc1nnc(SCC(=O)Nc2ccc(N(C)C)cc2)n1Cc1ccccc1. The lowest BCUT2D eigenvalue weighted by molar-refractivity contribution is -0.113. The van der Waals surface area contributed by atoms with Crippen LogP contribution < -0.4 is 10.2 Å². The molecule has 3 rings (SSSR count). The van der Waals surface area contributed by atoms with Crippen molar-refractivity contribution in [1.29, 1.82) is 0 Å². The maximum Gasteiger partial charge on any atom is 0.234 e. The molecule has 0 aliphatic carbocycles. The lowest BCUT2D eigenvalue weighted by atomic mass is 10.2. The standard InChI is InChI=1S/C20H23N5OS/c1-15-22-23-20(25(15)13-16-7-5-4-6-8-16)27-14-19(26)21-17-9-11-18(12-10-17)24(2)3/h4-12H,13-14H2,1-3H3,(H,21,26). The number of hydrogen-bond acceptors (Lipinski definition) is 5. The van der Waals surface area contributed by atoms with Crippen LogP contribution in [-0.2, 0) is 11.3 Å². The zero-order valence-electron chi connectivity index (χ0n) is 15.7. The number of benzene rings is 2.